The lowest BCUT2D eigenvalue weighted by Crippen LogP contribution is -2.03. The predicted molar refractivity (Wildman–Crippen MR) is 65.2 cm³/mol. The molecule has 0 heterocycles. The van der Waals surface area contributed by atoms with E-state index in [-0.39, 0.29) is 11.9 Å². The summed E-state index contributed by atoms with van der Waals surface area (Å²) in [6.45, 7) is 6.26. The number of carbonyl (C=O) groups excluding carboxylic acids is 1. The van der Waals surface area contributed by atoms with Gasteiger partial charge in [-0.05, 0) is 19.4 Å². The molecule has 0 aliphatic rings. The molecule has 1 aromatic rings. The first-order valence-corrected chi connectivity index (χ1v) is 5.55. The molecule has 0 aliphatic heterocycles. The molecule has 0 amide bonds. The average Bonchev–Trinajstić information content (AvgIpc) is 2.29. The molecule has 0 aromatic heterocycles. The van der Waals surface area contributed by atoms with E-state index in [2.05, 4.69) is 19.1 Å². The summed E-state index contributed by atoms with van der Waals surface area (Å²) in [7, 11) is 0. The van der Waals surface area contributed by atoms with Crippen LogP contribution in [-0.4, -0.2) is 12.6 Å². The number of benzene rings is 1. The molecular formula is C14H18O2. The minimum absolute atomic E-state index is 0.241. The molecule has 0 spiro atoms. The van der Waals surface area contributed by atoms with E-state index in [0.717, 1.165) is 5.57 Å². The van der Waals surface area contributed by atoms with Crippen molar-refractivity contribution < 1.29 is 9.53 Å². The molecular weight excluding hydrogens is 200 g/mol. The first kappa shape index (κ1) is 12.5. The topological polar surface area (TPSA) is 26.3 Å². The van der Waals surface area contributed by atoms with Crippen LogP contribution in [0, 0.1) is 0 Å². The third kappa shape index (κ3) is 3.54. The molecule has 0 fully saturated rings. The molecule has 0 saturated carbocycles. The van der Waals surface area contributed by atoms with Gasteiger partial charge in [-0.25, -0.2) is 4.79 Å². The van der Waals surface area contributed by atoms with E-state index < -0.39 is 0 Å². The van der Waals surface area contributed by atoms with E-state index in [1.54, 1.807) is 6.08 Å². The second kappa shape index (κ2) is 6.11. The summed E-state index contributed by atoms with van der Waals surface area (Å²) in [5, 5.41) is 0. The van der Waals surface area contributed by atoms with Crippen molar-refractivity contribution in [3.63, 3.8) is 0 Å². The van der Waals surface area contributed by atoms with Crippen LogP contribution in [-0.2, 0) is 9.53 Å². The molecule has 0 aliphatic carbocycles. The van der Waals surface area contributed by atoms with Crippen LogP contribution in [0.4, 0.5) is 0 Å². The molecule has 0 unspecified atom stereocenters. The van der Waals surface area contributed by atoms with Gasteiger partial charge in [-0.1, -0.05) is 42.8 Å². The summed E-state index contributed by atoms with van der Waals surface area (Å²) < 4.78 is 4.88. The number of allylic oxidation sites excluding steroid dienone is 1. The van der Waals surface area contributed by atoms with Crippen molar-refractivity contribution in [2.24, 2.45) is 0 Å². The lowest BCUT2D eigenvalue weighted by molar-refractivity contribution is -0.137. The Hall–Kier alpha value is -1.57. The van der Waals surface area contributed by atoms with Crippen molar-refractivity contribution in [3.05, 3.63) is 47.5 Å². The van der Waals surface area contributed by atoms with Gasteiger partial charge in [-0.15, -0.1) is 0 Å². The Bertz CT molecular complexity index is 366. The highest BCUT2D eigenvalue weighted by atomic mass is 16.5. The standard InChI is InChI=1S/C14H18O2/c1-4-16-14(15)10-11(2)12(3)13-8-6-5-7-9-13/h5-10,12H,4H2,1-3H3/b11-10+/t12-/m1/s1. The first-order valence-electron chi connectivity index (χ1n) is 5.55. The number of carbonyl (C=O) groups is 1. The van der Waals surface area contributed by atoms with Crippen molar-refractivity contribution in [1.82, 2.24) is 0 Å². The Morgan fingerprint density at radius 2 is 2.00 bits per heavy atom. The van der Waals surface area contributed by atoms with Crippen molar-refractivity contribution >= 4 is 5.97 Å². The van der Waals surface area contributed by atoms with E-state index in [9.17, 15) is 4.79 Å². The van der Waals surface area contributed by atoms with Crippen LogP contribution >= 0.6 is 0 Å². The Labute approximate surface area is 96.9 Å². The molecule has 1 rings (SSSR count). The maximum atomic E-state index is 11.3. The van der Waals surface area contributed by atoms with Crippen LogP contribution in [0.5, 0.6) is 0 Å². The largest absolute Gasteiger partial charge is 0.463 e. The van der Waals surface area contributed by atoms with Gasteiger partial charge in [0.15, 0.2) is 0 Å². The maximum Gasteiger partial charge on any atom is 0.330 e. The highest BCUT2D eigenvalue weighted by Gasteiger charge is 2.08. The maximum absolute atomic E-state index is 11.3. The van der Waals surface area contributed by atoms with E-state index in [1.807, 2.05) is 32.0 Å². The molecule has 0 saturated heterocycles. The van der Waals surface area contributed by atoms with Crippen LogP contribution in [0.1, 0.15) is 32.3 Å². The van der Waals surface area contributed by atoms with Gasteiger partial charge in [0.2, 0.25) is 0 Å². The zero-order valence-electron chi connectivity index (χ0n) is 10.1. The Morgan fingerprint density at radius 1 is 1.38 bits per heavy atom. The minimum Gasteiger partial charge on any atom is -0.463 e. The lowest BCUT2D eigenvalue weighted by atomic mass is 9.94. The van der Waals surface area contributed by atoms with E-state index in [4.69, 9.17) is 4.74 Å². The third-order valence-corrected chi connectivity index (χ3v) is 2.61. The van der Waals surface area contributed by atoms with Gasteiger partial charge in [0.25, 0.3) is 0 Å². The number of rotatable bonds is 4. The van der Waals surface area contributed by atoms with Crippen molar-refractivity contribution in [2.45, 2.75) is 26.7 Å². The predicted octanol–water partition coefficient (Wildman–Crippen LogP) is 3.30. The van der Waals surface area contributed by atoms with Gasteiger partial charge >= 0.3 is 5.97 Å². The fraction of sp³-hybridized carbons (Fsp3) is 0.357. The van der Waals surface area contributed by atoms with Crippen molar-refractivity contribution in [3.8, 4) is 0 Å². The zero-order chi connectivity index (χ0) is 12.0. The number of hydrogen-bond donors (Lipinski definition) is 0. The Balaban J connectivity index is 2.74. The average molecular weight is 218 g/mol. The molecule has 0 bridgehead atoms. The van der Waals surface area contributed by atoms with Crippen LogP contribution in [0.15, 0.2) is 42.0 Å². The Kier molecular flexibility index (Phi) is 4.77. The van der Waals surface area contributed by atoms with E-state index >= 15 is 0 Å². The van der Waals surface area contributed by atoms with Gasteiger partial charge in [-0.2, -0.15) is 0 Å². The SMILES string of the molecule is CCOC(=O)/C=C(\C)[C@@H](C)c1ccccc1. The van der Waals surface area contributed by atoms with E-state index in [0.29, 0.717) is 6.61 Å². The van der Waals surface area contributed by atoms with Crippen LogP contribution in [0.25, 0.3) is 0 Å². The lowest BCUT2D eigenvalue weighted by Gasteiger charge is -2.12. The monoisotopic (exact) mass is 218 g/mol. The summed E-state index contributed by atoms with van der Waals surface area (Å²) in [4.78, 5) is 11.3. The molecule has 0 radical (unpaired) electrons. The van der Waals surface area contributed by atoms with Crippen molar-refractivity contribution in [2.75, 3.05) is 6.61 Å². The van der Waals surface area contributed by atoms with Crippen LogP contribution in [0.3, 0.4) is 0 Å². The van der Waals surface area contributed by atoms with Gasteiger partial charge in [-0.3, -0.25) is 0 Å². The molecule has 16 heavy (non-hydrogen) atoms. The van der Waals surface area contributed by atoms with Crippen LogP contribution < -0.4 is 0 Å². The number of ether oxygens (including phenoxy) is 1. The van der Waals surface area contributed by atoms with E-state index in [1.165, 1.54) is 5.56 Å². The minimum atomic E-state index is -0.261. The number of esters is 1. The van der Waals surface area contributed by atoms with Crippen molar-refractivity contribution in [1.29, 1.82) is 0 Å². The smallest absolute Gasteiger partial charge is 0.330 e. The summed E-state index contributed by atoms with van der Waals surface area (Å²) in [6.07, 6.45) is 1.57. The summed E-state index contributed by atoms with van der Waals surface area (Å²) in [5.41, 5.74) is 2.23. The molecule has 0 N–H and O–H groups in total. The molecule has 1 aromatic carbocycles. The van der Waals surface area contributed by atoms with Gasteiger partial charge in [0, 0.05) is 12.0 Å². The molecule has 86 valence electrons. The highest BCUT2D eigenvalue weighted by molar-refractivity contribution is 5.82. The molecule has 2 nitrogen and oxygen atoms in total. The third-order valence-electron chi connectivity index (χ3n) is 2.61. The van der Waals surface area contributed by atoms with Crippen LogP contribution in [0.2, 0.25) is 0 Å². The molecule has 2 heteroatoms. The molecule has 1 atom stereocenters. The number of hydrogen-bond acceptors (Lipinski definition) is 2. The second-order valence-electron chi connectivity index (χ2n) is 3.77. The van der Waals surface area contributed by atoms with Gasteiger partial charge < -0.3 is 4.74 Å². The van der Waals surface area contributed by atoms with Gasteiger partial charge in [0.05, 0.1) is 6.61 Å². The highest BCUT2D eigenvalue weighted by Crippen LogP contribution is 2.22. The normalized spacial score (nSPS) is 13.3. The fourth-order valence-electron chi connectivity index (χ4n) is 1.50. The quantitative estimate of drug-likeness (QED) is 0.572. The summed E-state index contributed by atoms with van der Waals surface area (Å²) >= 11 is 0. The Morgan fingerprint density at radius 3 is 2.56 bits per heavy atom. The summed E-state index contributed by atoms with van der Waals surface area (Å²) in [5.74, 6) is -0.0200. The zero-order valence-corrected chi connectivity index (χ0v) is 10.1. The van der Waals surface area contributed by atoms with Gasteiger partial charge in [0.1, 0.15) is 0 Å². The fourth-order valence-corrected chi connectivity index (χ4v) is 1.50. The summed E-state index contributed by atoms with van der Waals surface area (Å²) in [6, 6.07) is 10.1. The second-order valence-corrected chi connectivity index (χ2v) is 3.77. The first-order chi connectivity index (χ1) is 7.65.